The van der Waals surface area contributed by atoms with E-state index < -0.39 is 12.0 Å². The van der Waals surface area contributed by atoms with Crippen LogP contribution in [0.2, 0.25) is 0 Å². The summed E-state index contributed by atoms with van der Waals surface area (Å²) in [6, 6.07) is 7.54. The Morgan fingerprint density at radius 1 is 1.35 bits per heavy atom. The minimum Gasteiger partial charge on any atom is -0.481 e. The molecule has 1 aromatic heterocycles. The first kappa shape index (κ1) is 12.6. The number of nitrogens with zero attached hydrogens (tertiary/aromatic N) is 3. The molecule has 104 valence electrons. The maximum Gasteiger partial charge on any atom is 0.415 e. The van der Waals surface area contributed by atoms with Crippen molar-refractivity contribution in [2.24, 2.45) is 5.92 Å². The highest BCUT2D eigenvalue weighted by atomic mass is 16.6. The number of benzene rings is 1. The lowest BCUT2D eigenvalue weighted by Crippen LogP contribution is -2.49. The molecule has 1 aliphatic rings. The Kier molecular flexibility index (Phi) is 3.11. The molecule has 1 aromatic carbocycles. The van der Waals surface area contributed by atoms with Gasteiger partial charge in [-0.1, -0.05) is 29.4 Å². The van der Waals surface area contributed by atoms with Gasteiger partial charge in [0.25, 0.3) is 0 Å². The average molecular weight is 275 g/mol. The molecule has 1 saturated heterocycles. The monoisotopic (exact) mass is 275 g/mol. The Morgan fingerprint density at radius 2 is 2.05 bits per heavy atom. The van der Waals surface area contributed by atoms with Crippen LogP contribution in [-0.2, 0) is 11.3 Å². The molecular formula is C13H13N3O4. The van der Waals surface area contributed by atoms with Crippen LogP contribution in [0.25, 0.3) is 11.4 Å². The predicted molar refractivity (Wildman–Crippen MR) is 67.8 cm³/mol. The molecule has 0 atom stereocenters. The van der Waals surface area contributed by atoms with E-state index in [-0.39, 0.29) is 5.92 Å². The highest BCUT2D eigenvalue weighted by Gasteiger charge is 2.32. The first-order valence-corrected chi connectivity index (χ1v) is 6.19. The summed E-state index contributed by atoms with van der Waals surface area (Å²) < 4.78 is 4.51. The molecular weight excluding hydrogens is 262 g/mol. The van der Waals surface area contributed by atoms with E-state index in [0.29, 0.717) is 18.9 Å². The van der Waals surface area contributed by atoms with Crippen molar-refractivity contribution in [3.05, 3.63) is 29.8 Å². The third-order valence-electron chi connectivity index (χ3n) is 3.34. The Hall–Kier alpha value is -2.41. The van der Waals surface area contributed by atoms with Gasteiger partial charge in [-0.05, 0) is 5.56 Å². The number of hydrogen-bond acceptors (Lipinski definition) is 6. The summed E-state index contributed by atoms with van der Waals surface area (Å²) >= 11 is 0. The van der Waals surface area contributed by atoms with Crippen LogP contribution in [-0.4, -0.2) is 44.3 Å². The first-order chi connectivity index (χ1) is 9.61. The number of aromatic hydroxyl groups is 1. The molecule has 20 heavy (non-hydrogen) atoms. The van der Waals surface area contributed by atoms with Gasteiger partial charge in [-0.15, -0.1) is 0 Å². The van der Waals surface area contributed by atoms with Crippen LogP contribution in [0.3, 0.4) is 0 Å². The fourth-order valence-corrected chi connectivity index (χ4v) is 2.21. The maximum atomic E-state index is 10.7. The van der Waals surface area contributed by atoms with Gasteiger partial charge < -0.3 is 10.2 Å². The fraction of sp³-hybridized carbons (Fsp3) is 0.308. The molecule has 1 aliphatic heterocycles. The molecule has 2 aromatic rings. The van der Waals surface area contributed by atoms with Gasteiger partial charge >= 0.3 is 12.0 Å². The number of rotatable bonds is 4. The van der Waals surface area contributed by atoms with E-state index in [9.17, 15) is 4.79 Å². The van der Waals surface area contributed by atoms with Crippen molar-refractivity contribution in [3.63, 3.8) is 0 Å². The normalized spacial score (nSPS) is 16.0. The molecule has 0 unspecified atom stereocenters. The molecule has 0 aliphatic carbocycles. The molecule has 0 radical (unpaired) electrons. The minimum absolute atomic E-state index is 0.239. The largest absolute Gasteiger partial charge is 0.481 e. The predicted octanol–water partition coefficient (Wildman–Crippen LogP) is 0.959. The van der Waals surface area contributed by atoms with Crippen LogP contribution < -0.4 is 0 Å². The van der Waals surface area contributed by atoms with Gasteiger partial charge in [0.2, 0.25) is 5.82 Å². The highest BCUT2D eigenvalue weighted by Crippen LogP contribution is 2.21. The number of likely N-dealkylation sites (tertiary alicyclic amines) is 1. The van der Waals surface area contributed by atoms with Crippen molar-refractivity contribution in [1.29, 1.82) is 0 Å². The summed E-state index contributed by atoms with van der Waals surface area (Å²) in [6.45, 7) is 1.91. The second-order valence-corrected chi connectivity index (χ2v) is 4.83. The average Bonchev–Trinajstić information content (AvgIpc) is 2.80. The second kappa shape index (κ2) is 4.93. The molecule has 0 spiro atoms. The lowest BCUT2D eigenvalue weighted by atomic mass is 9.99. The number of aliphatic carboxylic acids is 1. The van der Waals surface area contributed by atoms with Gasteiger partial charge in [-0.25, -0.2) is 0 Å². The van der Waals surface area contributed by atoms with Gasteiger partial charge in [-0.3, -0.25) is 14.2 Å². The number of aromatic nitrogens is 2. The van der Waals surface area contributed by atoms with E-state index in [1.165, 1.54) is 0 Å². The van der Waals surface area contributed by atoms with Crippen molar-refractivity contribution in [3.8, 4) is 17.5 Å². The minimum atomic E-state index is -0.728. The Balaban J connectivity index is 1.61. The highest BCUT2D eigenvalue weighted by molar-refractivity contribution is 5.71. The molecule has 0 bridgehead atoms. The smallest absolute Gasteiger partial charge is 0.415 e. The van der Waals surface area contributed by atoms with Crippen LogP contribution in [0, 0.1) is 5.92 Å². The summed E-state index contributed by atoms with van der Waals surface area (Å²) in [5, 5.41) is 21.4. The number of carboxylic acid groups (broad SMARTS) is 1. The lowest BCUT2D eigenvalue weighted by Gasteiger charge is -2.36. The molecule has 1 fully saturated rings. The maximum absolute atomic E-state index is 10.7. The van der Waals surface area contributed by atoms with Gasteiger partial charge in [0.05, 0.1) is 5.92 Å². The Bertz CT molecular complexity index is 617. The van der Waals surface area contributed by atoms with Crippen molar-refractivity contribution in [2.45, 2.75) is 6.54 Å². The molecule has 3 rings (SSSR count). The topological polar surface area (TPSA) is 99.7 Å². The van der Waals surface area contributed by atoms with Crippen LogP contribution in [0.4, 0.5) is 0 Å². The standard InChI is InChI=1S/C13H13N3O4/c17-12(18)10-6-16(7-10)5-8-1-3-9(4-2-8)11-14-13(19)20-15-11/h1-4,10H,5-7H2,(H,17,18)(H,14,15,19). The van der Waals surface area contributed by atoms with Gasteiger partial charge in [-0.2, -0.15) is 4.98 Å². The Morgan fingerprint density at radius 3 is 2.60 bits per heavy atom. The molecule has 0 saturated carbocycles. The number of hydrogen-bond donors (Lipinski definition) is 2. The van der Waals surface area contributed by atoms with Crippen LogP contribution in [0.15, 0.2) is 28.8 Å². The van der Waals surface area contributed by atoms with E-state index in [1.807, 2.05) is 24.3 Å². The quantitative estimate of drug-likeness (QED) is 0.857. The molecule has 7 nitrogen and oxygen atoms in total. The van der Waals surface area contributed by atoms with Crippen molar-refractivity contribution < 1.29 is 19.5 Å². The zero-order chi connectivity index (χ0) is 14.1. The summed E-state index contributed by atoms with van der Waals surface area (Å²) in [5.74, 6) is -0.631. The Labute approximate surface area is 114 Å². The zero-order valence-electron chi connectivity index (χ0n) is 10.6. The van der Waals surface area contributed by atoms with E-state index in [0.717, 1.165) is 17.7 Å². The van der Waals surface area contributed by atoms with Gasteiger partial charge in [0.15, 0.2) is 0 Å². The van der Waals surface area contributed by atoms with Crippen molar-refractivity contribution in [2.75, 3.05) is 13.1 Å². The summed E-state index contributed by atoms with van der Waals surface area (Å²) in [7, 11) is 0. The van der Waals surface area contributed by atoms with E-state index in [2.05, 4.69) is 19.6 Å². The molecule has 2 heterocycles. The summed E-state index contributed by atoms with van der Waals surface area (Å²) in [4.78, 5) is 16.5. The number of carbonyl (C=O) groups is 1. The van der Waals surface area contributed by atoms with Crippen LogP contribution in [0.1, 0.15) is 5.56 Å². The fourth-order valence-electron chi connectivity index (χ4n) is 2.21. The second-order valence-electron chi connectivity index (χ2n) is 4.83. The first-order valence-electron chi connectivity index (χ1n) is 6.19. The van der Waals surface area contributed by atoms with E-state index in [1.54, 1.807) is 0 Å². The summed E-state index contributed by atoms with van der Waals surface area (Å²) in [5.41, 5.74) is 1.84. The van der Waals surface area contributed by atoms with Crippen molar-refractivity contribution in [1.82, 2.24) is 15.0 Å². The lowest BCUT2D eigenvalue weighted by molar-refractivity contribution is -0.147. The number of carboxylic acids is 1. The molecule has 2 N–H and O–H groups in total. The molecule has 7 heteroatoms. The SMILES string of the molecule is O=C(O)C1CN(Cc2ccc(-c3noc(O)n3)cc2)C1. The van der Waals surface area contributed by atoms with Crippen LogP contribution in [0.5, 0.6) is 6.08 Å². The third-order valence-corrected chi connectivity index (χ3v) is 3.34. The van der Waals surface area contributed by atoms with E-state index in [4.69, 9.17) is 10.2 Å². The van der Waals surface area contributed by atoms with Crippen molar-refractivity contribution >= 4 is 5.97 Å². The van der Waals surface area contributed by atoms with Gasteiger partial charge in [0, 0.05) is 25.2 Å². The summed E-state index contributed by atoms with van der Waals surface area (Å²) in [6.07, 6.45) is -0.454. The van der Waals surface area contributed by atoms with E-state index >= 15 is 0 Å². The zero-order valence-corrected chi connectivity index (χ0v) is 10.6. The van der Waals surface area contributed by atoms with Crippen LogP contribution >= 0.6 is 0 Å². The third kappa shape index (κ3) is 2.48. The van der Waals surface area contributed by atoms with Gasteiger partial charge in [0.1, 0.15) is 0 Å². The molecule has 0 amide bonds.